The van der Waals surface area contributed by atoms with Gasteiger partial charge in [0, 0.05) is 17.8 Å². The predicted molar refractivity (Wildman–Crippen MR) is 66.7 cm³/mol. The van der Waals surface area contributed by atoms with E-state index in [0.29, 0.717) is 6.04 Å². The smallest absolute Gasteiger partial charge is 0.0920 e. The van der Waals surface area contributed by atoms with Crippen molar-refractivity contribution in [3.63, 3.8) is 0 Å². The second kappa shape index (κ2) is 4.45. The predicted octanol–water partition coefficient (Wildman–Crippen LogP) is 2.18. The van der Waals surface area contributed by atoms with Gasteiger partial charge in [-0.3, -0.25) is 0 Å². The fourth-order valence-electron chi connectivity index (χ4n) is 2.34. The number of rotatable bonds is 4. The van der Waals surface area contributed by atoms with Gasteiger partial charge in [-0.25, -0.2) is 0 Å². The third-order valence-corrected chi connectivity index (χ3v) is 3.74. The molecule has 4 nitrogen and oxygen atoms in total. The molecule has 1 atom stereocenters. The van der Waals surface area contributed by atoms with Crippen molar-refractivity contribution in [2.24, 2.45) is 5.92 Å². The van der Waals surface area contributed by atoms with Gasteiger partial charge < -0.3 is 5.32 Å². The molecule has 1 aliphatic rings. The van der Waals surface area contributed by atoms with Gasteiger partial charge in [-0.1, -0.05) is 6.42 Å². The van der Waals surface area contributed by atoms with Crippen LogP contribution in [0.3, 0.4) is 0 Å². The van der Waals surface area contributed by atoms with Crippen molar-refractivity contribution in [1.29, 1.82) is 0 Å². The quantitative estimate of drug-likeness (QED) is 0.875. The fourth-order valence-corrected chi connectivity index (χ4v) is 2.34. The fraction of sp³-hybridized carbons (Fsp3) is 0.538. The number of hydrogen-bond donors (Lipinski definition) is 1. The molecule has 2 heterocycles. The number of aromatic nitrogens is 3. The highest BCUT2D eigenvalue weighted by molar-refractivity contribution is 5.53. The van der Waals surface area contributed by atoms with E-state index in [4.69, 9.17) is 0 Å². The van der Waals surface area contributed by atoms with Gasteiger partial charge in [0.15, 0.2) is 0 Å². The maximum absolute atomic E-state index is 4.27. The van der Waals surface area contributed by atoms with E-state index < -0.39 is 0 Å². The van der Waals surface area contributed by atoms with Crippen molar-refractivity contribution in [1.82, 2.24) is 20.1 Å². The zero-order valence-corrected chi connectivity index (χ0v) is 10.1. The highest BCUT2D eigenvalue weighted by atomic mass is 15.4. The van der Waals surface area contributed by atoms with Gasteiger partial charge in [0.05, 0.1) is 11.7 Å². The van der Waals surface area contributed by atoms with Crippen molar-refractivity contribution < 1.29 is 0 Å². The summed E-state index contributed by atoms with van der Waals surface area (Å²) in [4.78, 5) is 0. The first-order valence-corrected chi connectivity index (χ1v) is 6.37. The number of nitrogens with one attached hydrogen (secondary N) is 1. The minimum atomic E-state index is 0.345. The molecule has 0 radical (unpaired) electrons. The Morgan fingerprint density at radius 2 is 2.35 bits per heavy atom. The monoisotopic (exact) mass is 230 g/mol. The Labute approximate surface area is 101 Å². The van der Waals surface area contributed by atoms with Crippen LogP contribution in [0.4, 0.5) is 0 Å². The lowest BCUT2D eigenvalue weighted by atomic mass is 9.85. The maximum Gasteiger partial charge on any atom is 0.0920 e. The van der Waals surface area contributed by atoms with E-state index in [1.54, 1.807) is 10.8 Å². The van der Waals surface area contributed by atoms with E-state index in [9.17, 15) is 0 Å². The highest BCUT2D eigenvalue weighted by Gasteiger charge is 2.19. The zero-order valence-electron chi connectivity index (χ0n) is 10.1. The second-order valence-corrected chi connectivity index (χ2v) is 4.93. The molecule has 0 amide bonds. The Morgan fingerprint density at radius 1 is 1.47 bits per heavy atom. The van der Waals surface area contributed by atoms with Crippen LogP contribution in [0.5, 0.6) is 0 Å². The van der Waals surface area contributed by atoms with Crippen molar-refractivity contribution in [2.75, 3.05) is 6.54 Å². The molecule has 2 aromatic heterocycles. The van der Waals surface area contributed by atoms with Gasteiger partial charge in [0.1, 0.15) is 0 Å². The summed E-state index contributed by atoms with van der Waals surface area (Å²) < 4.78 is 1.69. The maximum atomic E-state index is 4.27. The Morgan fingerprint density at radius 3 is 3.12 bits per heavy atom. The standard InChI is InChI=1S/C13H18N4/c1-10(14-8-11-4-2-5-11)12-9-16-17-13(12)6-3-7-15-17/h3,6-7,9-11,14H,2,4-5,8H2,1H3. The van der Waals surface area contributed by atoms with Crippen LogP contribution in [0.15, 0.2) is 24.5 Å². The summed E-state index contributed by atoms with van der Waals surface area (Å²) in [6.07, 6.45) is 7.85. The molecule has 1 saturated carbocycles. The van der Waals surface area contributed by atoms with E-state index in [2.05, 4.69) is 28.5 Å². The molecule has 17 heavy (non-hydrogen) atoms. The molecular weight excluding hydrogens is 212 g/mol. The van der Waals surface area contributed by atoms with Gasteiger partial charge in [-0.05, 0) is 44.4 Å². The summed E-state index contributed by atoms with van der Waals surface area (Å²) in [5, 5.41) is 12.0. The minimum absolute atomic E-state index is 0.345. The second-order valence-electron chi connectivity index (χ2n) is 4.93. The lowest BCUT2D eigenvalue weighted by molar-refractivity contribution is 0.292. The summed E-state index contributed by atoms with van der Waals surface area (Å²) in [6, 6.07) is 4.37. The normalized spacial score (nSPS) is 18.2. The summed E-state index contributed by atoms with van der Waals surface area (Å²) >= 11 is 0. The first-order valence-electron chi connectivity index (χ1n) is 6.37. The Balaban J connectivity index is 1.73. The molecule has 1 unspecified atom stereocenters. The van der Waals surface area contributed by atoms with Gasteiger partial charge in [-0.15, -0.1) is 0 Å². The van der Waals surface area contributed by atoms with E-state index >= 15 is 0 Å². The van der Waals surface area contributed by atoms with Crippen molar-refractivity contribution >= 4 is 5.52 Å². The lowest BCUT2D eigenvalue weighted by Gasteiger charge is -2.27. The van der Waals surface area contributed by atoms with Crippen LogP contribution in [0.2, 0.25) is 0 Å². The van der Waals surface area contributed by atoms with Gasteiger partial charge in [0.25, 0.3) is 0 Å². The lowest BCUT2D eigenvalue weighted by Crippen LogP contribution is -2.29. The molecule has 90 valence electrons. The summed E-state index contributed by atoms with van der Waals surface area (Å²) in [6.45, 7) is 3.32. The molecule has 0 aromatic carbocycles. The van der Waals surface area contributed by atoms with Crippen LogP contribution in [0.25, 0.3) is 5.52 Å². The third kappa shape index (κ3) is 2.05. The SMILES string of the molecule is CC(NCC1CCC1)c1cnn2ncccc12. The largest absolute Gasteiger partial charge is 0.310 e. The Hall–Kier alpha value is -1.42. The number of nitrogens with zero attached hydrogens (tertiary/aromatic N) is 3. The molecule has 1 aliphatic carbocycles. The molecule has 0 bridgehead atoms. The van der Waals surface area contributed by atoms with Gasteiger partial charge >= 0.3 is 0 Å². The van der Waals surface area contributed by atoms with Gasteiger partial charge in [-0.2, -0.15) is 14.8 Å². The Bertz CT molecular complexity index is 501. The van der Waals surface area contributed by atoms with Crippen LogP contribution in [-0.2, 0) is 0 Å². The van der Waals surface area contributed by atoms with Gasteiger partial charge in [0.2, 0.25) is 0 Å². The van der Waals surface area contributed by atoms with E-state index in [-0.39, 0.29) is 0 Å². The molecular formula is C13H18N4. The van der Waals surface area contributed by atoms with Crippen molar-refractivity contribution in [2.45, 2.75) is 32.2 Å². The van der Waals surface area contributed by atoms with Crippen molar-refractivity contribution in [3.05, 3.63) is 30.1 Å². The summed E-state index contributed by atoms with van der Waals surface area (Å²) in [5.41, 5.74) is 2.33. The summed E-state index contributed by atoms with van der Waals surface area (Å²) in [7, 11) is 0. The molecule has 3 rings (SSSR count). The molecule has 1 fully saturated rings. The average molecular weight is 230 g/mol. The molecule has 0 spiro atoms. The molecule has 0 saturated heterocycles. The minimum Gasteiger partial charge on any atom is -0.310 e. The summed E-state index contributed by atoms with van der Waals surface area (Å²) in [5.74, 6) is 0.886. The molecule has 1 N–H and O–H groups in total. The molecule has 4 heteroatoms. The van der Waals surface area contributed by atoms with Crippen LogP contribution in [0, 0.1) is 5.92 Å². The first-order chi connectivity index (χ1) is 8.34. The van der Waals surface area contributed by atoms with Crippen LogP contribution in [0.1, 0.15) is 37.8 Å². The highest BCUT2D eigenvalue weighted by Crippen LogP contribution is 2.26. The zero-order chi connectivity index (χ0) is 11.7. The van der Waals surface area contributed by atoms with Crippen LogP contribution < -0.4 is 5.32 Å². The molecule has 0 aliphatic heterocycles. The number of fused-ring (bicyclic) bond motifs is 1. The van der Waals surface area contributed by atoms with Crippen molar-refractivity contribution in [3.8, 4) is 0 Å². The first kappa shape index (κ1) is 10.7. The van der Waals surface area contributed by atoms with E-state index in [1.165, 1.54) is 24.8 Å². The Kier molecular flexibility index (Phi) is 2.81. The van der Waals surface area contributed by atoms with E-state index in [0.717, 1.165) is 18.0 Å². The molecule has 2 aromatic rings. The third-order valence-electron chi connectivity index (χ3n) is 3.74. The average Bonchev–Trinajstić information content (AvgIpc) is 2.70. The van der Waals surface area contributed by atoms with Crippen LogP contribution >= 0.6 is 0 Å². The van der Waals surface area contributed by atoms with E-state index in [1.807, 2.05) is 12.3 Å². The number of hydrogen-bond acceptors (Lipinski definition) is 3. The van der Waals surface area contributed by atoms with Crippen LogP contribution in [-0.4, -0.2) is 21.4 Å². The topological polar surface area (TPSA) is 42.2 Å².